The van der Waals surface area contributed by atoms with E-state index in [2.05, 4.69) is 39.0 Å². The molecule has 2 heteroatoms. The summed E-state index contributed by atoms with van der Waals surface area (Å²) in [6.07, 6.45) is 5.09. The summed E-state index contributed by atoms with van der Waals surface area (Å²) in [6.45, 7) is 6.47. The molecule has 1 N–H and O–H groups in total. The van der Waals surface area contributed by atoms with Gasteiger partial charge in [0, 0.05) is 0 Å². The second kappa shape index (κ2) is 6.43. The normalized spacial score (nSPS) is 26.4. The van der Waals surface area contributed by atoms with Crippen LogP contribution >= 0.6 is 0 Å². The van der Waals surface area contributed by atoms with Crippen molar-refractivity contribution in [3.8, 4) is 0 Å². The van der Waals surface area contributed by atoms with Gasteiger partial charge in [0.2, 0.25) is 0 Å². The van der Waals surface area contributed by atoms with Crippen molar-refractivity contribution < 1.29 is 9.90 Å². The number of carbonyl (C=O) groups is 1. The third-order valence-corrected chi connectivity index (χ3v) is 5.05. The quantitative estimate of drug-likeness (QED) is 0.885. The first kappa shape index (κ1) is 15.1. The molecule has 1 aromatic rings. The average Bonchev–Trinajstić information content (AvgIpc) is 2.42. The lowest BCUT2D eigenvalue weighted by molar-refractivity contribution is -0.145. The van der Waals surface area contributed by atoms with Gasteiger partial charge in [0.15, 0.2) is 0 Å². The van der Waals surface area contributed by atoms with Crippen LogP contribution in [0.2, 0.25) is 0 Å². The summed E-state index contributed by atoms with van der Waals surface area (Å²) in [4.78, 5) is 11.5. The second-order valence-electron chi connectivity index (χ2n) is 6.41. The number of aryl methyl sites for hydroxylation is 2. The zero-order valence-electron chi connectivity index (χ0n) is 12.9. The Hall–Kier alpha value is -1.31. The SMILES string of the molecule is CCC1CCC(C(=O)O)C(Cc2ccc(C)c(C)c2)C1. The lowest BCUT2D eigenvalue weighted by Gasteiger charge is -2.33. The molecule has 0 aliphatic heterocycles. The molecule has 0 radical (unpaired) electrons. The van der Waals surface area contributed by atoms with Crippen LogP contribution in [0.25, 0.3) is 0 Å². The molecule has 0 amide bonds. The summed E-state index contributed by atoms with van der Waals surface area (Å²) in [5.41, 5.74) is 3.90. The smallest absolute Gasteiger partial charge is 0.306 e. The van der Waals surface area contributed by atoms with Crippen molar-refractivity contribution in [1.82, 2.24) is 0 Å². The Balaban J connectivity index is 2.13. The van der Waals surface area contributed by atoms with E-state index in [1.54, 1.807) is 0 Å². The Morgan fingerprint density at radius 3 is 2.60 bits per heavy atom. The van der Waals surface area contributed by atoms with E-state index < -0.39 is 5.97 Å². The predicted molar refractivity (Wildman–Crippen MR) is 81.9 cm³/mol. The molecule has 0 aromatic heterocycles. The standard InChI is InChI=1S/C18H26O2/c1-4-14-7-8-17(18(19)20)16(10-14)11-15-6-5-12(2)13(3)9-15/h5-6,9,14,16-17H,4,7-8,10-11H2,1-3H3,(H,19,20). The zero-order chi connectivity index (χ0) is 14.7. The second-order valence-corrected chi connectivity index (χ2v) is 6.41. The van der Waals surface area contributed by atoms with Crippen LogP contribution in [0.1, 0.15) is 49.3 Å². The van der Waals surface area contributed by atoms with Crippen LogP contribution in [0.4, 0.5) is 0 Å². The van der Waals surface area contributed by atoms with Crippen LogP contribution in [0.15, 0.2) is 18.2 Å². The highest BCUT2D eigenvalue weighted by molar-refractivity contribution is 5.70. The fourth-order valence-corrected chi connectivity index (χ4v) is 3.52. The number of hydrogen-bond acceptors (Lipinski definition) is 1. The summed E-state index contributed by atoms with van der Waals surface area (Å²) in [6, 6.07) is 6.54. The summed E-state index contributed by atoms with van der Waals surface area (Å²) in [5.74, 6) is 0.253. The maximum Gasteiger partial charge on any atom is 0.306 e. The lowest BCUT2D eigenvalue weighted by atomic mass is 9.71. The molecule has 1 fully saturated rings. The van der Waals surface area contributed by atoms with Crippen molar-refractivity contribution in [2.45, 2.75) is 52.9 Å². The molecule has 2 rings (SSSR count). The van der Waals surface area contributed by atoms with Crippen LogP contribution in [-0.2, 0) is 11.2 Å². The van der Waals surface area contributed by atoms with E-state index in [0.717, 1.165) is 25.7 Å². The summed E-state index contributed by atoms with van der Waals surface area (Å²) >= 11 is 0. The summed E-state index contributed by atoms with van der Waals surface area (Å²) in [7, 11) is 0. The number of benzene rings is 1. The third kappa shape index (κ3) is 3.41. The first-order valence-electron chi connectivity index (χ1n) is 7.80. The van der Waals surface area contributed by atoms with Gasteiger partial charge in [-0.1, -0.05) is 31.5 Å². The Kier molecular flexibility index (Phi) is 4.85. The molecule has 0 spiro atoms. The van der Waals surface area contributed by atoms with E-state index in [9.17, 15) is 9.90 Å². The Bertz CT molecular complexity index is 478. The number of carboxylic acids is 1. The van der Waals surface area contributed by atoms with Gasteiger partial charge >= 0.3 is 5.97 Å². The molecule has 0 saturated heterocycles. The molecule has 20 heavy (non-hydrogen) atoms. The first-order valence-corrected chi connectivity index (χ1v) is 7.80. The van der Waals surface area contributed by atoms with Crippen LogP contribution in [0.3, 0.4) is 0 Å². The molecule has 0 bridgehead atoms. The molecule has 2 nitrogen and oxygen atoms in total. The van der Waals surface area contributed by atoms with Gasteiger partial charge in [-0.25, -0.2) is 0 Å². The van der Waals surface area contributed by atoms with E-state index in [1.165, 1.54) is 23.1 Å². The summed E-state index contributed by atoms with van der Waals surface area (Å²) in [5, 5.41) is 9.44. The molecular formula is C18H26O2. The molecular weight excluding hydrogens is 248 g/mol. The van der Waals surface area contributed by atoms with Crippen molar-refractivity contribution in [1.29, 1.82) is 0 Å². The van der Waals surface area contributed by atoms with E-state index in [-0.39, 0.29) is 5.92 Å². The Morgan fingerprint density at radius 2 is 2.00 bits per heavy atom. The highest BCUT2D eigenvalue weighted by Gasteiger charge is 2.34. The van der Waals surface area contributed by atoms with Crippen LogP contribution in [-0.4, -0.2) is 11.1 Å². The van der Waals surface area contributed by atoms with E-state index in [1.807, 2.05) is 0 Å². The molecule has 1 aromatic carbocycles. The number of carboxylic acid groups (broad SMARTS) is 1. The fourth-order valence-electron chi connectivity index (χ4n) is 3.52. The minimum atomic E-state index is -0.603. The van der Waals surface area contributed by atoms with Crippen LogP contribution in [0.5, 0.6) is 0 Å². The first-order chi connectivity index (χ1) is 9.51. The highest BCUT2D eigenvalue weighted by atomic mass is 16.4. The zero-order valence-corrected chi connectivity index (χ0v) is 12.9. The monoisotopic (exact) mass is 274 g/mol. The minimum absolute atomic E-state index is 0.153. The molecule has 1 aliphatic carbocycles. The fraction of sp³-hybridized carbons (Fsp3) is 0.611. The van der Waals surface area contributed by atoms with Crippen molar-refractivity contribution >= 4 is 5.97 Å². The van der Waals surface area contributed by atoms with Gasteiger partial charge in [-0.15, -0.1) is 0 Å². The number of rotatable bonds is 4. The van der Waals surface area contributed by atoms with Crippen LogP contribution < -0.4 is 0 Å². The van der Waals surface area contributed by atoms with Gasteiger partial charge in [0.1, 0.15) is 0 Å². The average molecular weight is 274 g/mol. The van der Waals surface area contributed by atoms with E-state index >= 15 is 0 Å². The van der Waals surface area contributed by atoms with Crippen LogP contribution in [0, 0.1) is 31.6 Å². The molecule has 0 heterocycles. The molecule has 1 saturated carbocycles. The van der Waals surface area contributed by atoms with Gasteiger partial charge in [-0.3, -0.25) is 4.79 Å². The topological polar surface area (TPSA) is 37.3 Å². The molecule has 3 unspecified atom stereocenters. The minimum Gasteiger partial charge on any atom is -0.481 e. The van der Waals surface area contributed by atoms with Crippen molar-refractivity contribution in [3.63, 3.8) is 0 Å². The van der Waals surface area contributed by atoms with Gasteiger partial charge in [0.05, 0.1) is 5.92 Å². The van der Waals surface area contributed by atoms with Gasteiger partial charge in [-0.05, 0) is 68.1 Å². The predicted octanol–water partition coefficient (Wildman–Crippen LogP) is 4.37. The Labute approximate surface area is 122 Å². The number of aliphatic carboxylic acids is 1. The molecule has 110 valence electrons. The largest absolute Gasteiger partial charge is 0.481 e. The van der Waals surface area contributed by atoms with Crippen molar-refractivity contribution in [2.75, 3.05) is 0 Å². The van der Waals surface area contributed by atoms with Crippen molar-refractivity contribution in [2.24, 2.45) is 17.8 Å². The molecule has 1 aliphatic rings. The van der Waals surface area contributed by atoms with Gasteiger partial charge < -0.3 is 5.11 Å². The lowest BCUT2D eigenvalue weighted by Crippen LogP contribution is -2.31. The number of hydrogen-bond donors (Lipinski definition) is 1. The highest BCUT2D eigenvalue weighted by Crippen LogP contribution is 2.37. The van der Waals surface area contributed by atoms with Crippen molar-refractivity contribution in [3.05, 3.63) is 34.9 Å². The summed E-state index contributed by atoms with van der Waals surface area (Å²) < 4.78 is 0. The maximum atomic E-state index is 11.5. The van der Waals surface area contributed by atoms with Gasteiger partial charge in [0.25, 0.3) is 0 Å². The maximum absolute atomic E-state index is 11.5. The van der Waals surface area contributed by atoms with E-state index in [4.69, 9.17) is 0 Å². The third-order valence-electron chi connectivity index (χ3n) is 5.05. The van der Waals surface area contributed by atoms with Gasteiger partial charge in [-0.2, -0.15) is 0 Å². The Morgan fingerprint density at radius 1 is 1.25 bits per heavy atom. The van der Waals surface area contributed by atoms with E-state index in [0.29, 0.717) is 11.8 Å². The molecule has 3 atom stereocenters.